The molecule has 0 aliphatic carbocycles. The Labute approximate surface area is 127 Å². The van der Waals surface area contributed by atoms with Gasteiger partial charge in [0.05, 0.1) is 7.11 Å². The van der Waals surface area contributed by atoms with Crippen LogP contribution in [0.4, 0.5) is 0 Å². The molecule has 0 saturated heterocycles. The summed E-state index contributed by atoms with van der Waals surface area (Å²) in [5.74, 6) is 0.778. The summed E-state index contributed by atoms with van der Waals surface area (Å²) in [5, 5.41) is 9.67. The third-order valence-corrected chi connectivity index (χ3v) is 3.43. The Hall–Kier alpha value is -1.77. The highest BCUT2D eigenvalue weighted by Gasteiger charge is 2.01. The van der Waals surface area contributed by atoms with Gasteiger partial charge in [0.25, 0.3) is 0 Å². The number of hydrogen-bond donors (Lipinski definition) is 1. The maximum atomic E-state index is 11.7. The van der Waals surface area contributed by atoms with Crippen LogP contribution >= 0.6 is 0 Å². The molecule has 1 aromatic rings. The van der Waals surface area contributed by atoms with Gasteiger partial charge in [-0.15, -0.1) is 0 Å². The second kappa shape index (κ2) is 10.0. The van der Waals surface area contributed by atoms with Crippen molar-refractivity contribution in [3.05, 3.63) is 35.9 Å². The first kappa shape index (κ1) is 17.3. The molecular formula is C18H26O3. The van der Waals surface area contributed by atoms with E-state index in [0.717, 1.165) is 18.4 Å². The standard InChI is InChI=1S/C18H26O3/c1-3-4-5-6-7-10-16(19)11-8-9-15-12-13-18(21-2)17(20)14-15/h8,11-14,20H,3-7,9-10H2,1-2H3. The van der Waals surface area contributed by atoms with E-state index in [1.54, 1.807) is 18.2 Å². The molecule has 0 bridgehead atoms. The van der Waals surface area contributed by atoms with E-state index in [1.165, 1.54) is 26.4 Å². The maximum absolute atomic E-state index is 11.7. The third-order valence-electron chi connectivity index (χ3n) is 3.43. The van der Waals surface area contributed by atoms with Gasteiger partial charge < -0.3 is 9.84 Å². The number of hydrogen-bond acceptors (Lipinski definition) is 3. The number of carbonyl (C=O) groups is 1. The van der Waals surface area contributed by atoms with Crippen molar-refractivity contribution in [3.8, 4) is 11.5 Å². The van der Waals surface area contributed by atoms with Gasteiger partial charge in [-0.25, -0.2) is 0 Å². The molecule has 0 amide bonds. The van der Waals surface area contributed by atoms with Crippen molar-refractivity contribution in [3.63, 3.8) is 0 Å². The smallest absolute Gasteiger partial charge is 0.160 e. The number of allylic oxidation sites excluding steroid dienone is 2. The molecule has 1 aromatic carbocycles. The van der Waals surface area contributed by atoms with E-state index in [1.807, 2.05) is 12.1 Å². The van der Waals surface area contributed by atoms with Gasteiger partial charge in [0.1, 0.15) is 0 Å². The number of ether oxygens (including phenoxy) is 1. The average molecular weight is 290 g/mol. The van der Waals surface area contributed by atoms with Gasteiger partial charge in [-0.3, -0.25) is 4.79 Å². The number of unbranched alkanes of at least 4 members (excludes halogenated alkanes) is 4. The van der Waals surface area contributed by atoms with Crippen LogP contribution in [0.2, 0.25) is 0 Å². The van der Waals surface area contributed by atoms with Crippen LogP contribution in [-0.4, -0.2) is 18.0 Å². The van der Waals surface area contributed by atoms with Crippen LogP contribution in [0, 0.1) is 0 Å². The van der Waals surface area contributed by atoms with Crippen LogP contribution < -0.4 is 4.74 Å². The van der Waals surface area contributed by atoms with E-state index in [-0.39, 0.29) is 11.5 Å². The van der Waals surface area contributed by atoms with Gasteiger partial charge in [0, 0.05) is 6.42 Å². The zero-order chi connectivity index (χ0) is 15.5. The molecular weight excluding hydrogens is 264 g/mol. The summed E-state index contributed by atoms with van der Waals surface area (Å²) in [4.78, 5) is 11.7. The minimum atomic E-state index is 0.130. The molecule has 0 radical (unpaired) electrons. The molecule has 0 unspecified atom stereocenters. The highest BCUT2D eigenvalue weighted by molar-refractivity contribution is 5.89. The summed E-state index contributed by atoms with van der Waals surface area (Å²) in [6.45, 7) is 2.19. The van der Waals surface area contributed by atoms with Crippen LogP contribution in [0.3, 0.4) is 0 Å². The summed E-state index contributed by atoms with van der Waals surface area (Å²) in [5.41, 5.74) is 0.959. The van der Waals surface area contributed by atoms with Crippen molar-refractivity contribution >= 4 is 5.78 Å². The van der Waals surface area contributed by atoms with E-state index in [9.17, 15) is 9.90 Å². The van der Waals surface area contributed by atoms with E-state index in [0.29, 0.717) is 18.6 Å². The summed E-state index contributed by atoms with van der Waals surface area (Å²) < 4.78 is 4.99. The topological polar surface area (TPSA) is 46.5 Å². The maximum Gasteiger partial charge on any atom is 0.160 e. The molecule has 0 fully saturated rings. The Bertz CT molecular complexity index is 464. The number of carbonyl (C=O) groups excluding carboxylic acids is 1. The fraction of sp³-hybridized carbons (Fsp3) is 0.500. The zero-order valence-electron chi connectivity index (χ0n) is 13.1. The van der Waals surface area contributed by atoms with E-state index in [2.05, 4.69) is 6.92 Å². The van der Waals surface area contributed by atoms with Crippen molar-refractivity contribution in [2.24, 2.45) is 0 Å². The first-order chi connectivity index (χ1) is 10.2. The van der Waals surface area contributed by atoms with Crippen molar-refractivity contribution in [2.75, 3.05) is 7.11 Å². The largest absolute Gasteiger partial charge is 0.504 e. The summed E-state index contributed by atoms with van der Waals surface area (Å²) >= 11 is 0. The lowest BCUT2D eigenvalue weighted by atomic mass is 10.1. The molecule has 0 saturated carbocycles. The Morgan fingerprint density at radius 3 is 2.67 bits per heavy atom. The molecule has 1 N–H and O–H groups in total. The normalized spacial score (nSPS) is 11.0. The number of rotatable bonds is 10. The monoisotopic (exact) mass is 290 g/mol. The zero-order valence-corrected chi connectivity index (χ0v) is 13.1. The van der Waals surface area contributed by atoms with Crippen LogP contribution in [-0.2, 0) is 11.2 Å². The minimum absolute atomic E-state index is 0.130. The number of phenolic OH excluding ortho intramolecular Hbond substituents is 1. The second-order valence-corrected chi connectivity index (χ2v) is 5.24. The second-order valence-electron chi connectivity index (χ2n) is 5.24. The summed E-state index contributed by atoms with van der Waals surface area (Å²) in [6.07, 6.45) is 10.6. The fourth-order valence-corrected chi connectivity index (χ4v) is 2.18. The predicted molar refractivity (Wildman–Crippen MR) is 85.9 cm³/mol. The number of aromatic hydroxyl groups is 1. The van der Waals surface area contributed by atoms with Gasteiger partial charge in [-0.05, 0) is 36.6 Å². The molecule has 0 heterocycles. The molecule has 1 rings (SSSR count). The number of methoxy groups -OCH3 is 1. The minimum Gasteiger partial charge on any atom is -0.504 e. The third kappa shape index (κ3) is 6.98. The van der Waals surface area contributed by atoms with E-state index >= 15 is 0 Å². The molecule has 0 aromatic heterocycles. The molecule has 3 heteroatoms. The van der Waals surface area contributed by atoms with Gasteiger partial charge in [-0.2, -0.15) is 0 Å². The highest BCUT2D eigenvalue weighted by Crippen LogP contribution is 2.26. The average Bonchev–Trinajstić information content (AvgIpc) is 2.47. The molecule has 0 atom stereocenters. The first-order valence-electron chi connectivity index (χ1n) is 7.72. The lowest BCUT2D eigenvalue weighted by Gasteiger charge is -2.04. The summed E-state index contributed by atoms with van der Waals surface area (Å²) in [6, 6.07) is 5.28. The van der Waals surface area contributed by atoms with E-state index in [4.69, 9.17) is 4.74 Å². The van der Waals surface area contributed by atoms with Crippen molar-refractivity contribution < 1.29 is 14.6 Å². The first-order valence-corrected chi connectivity index (χ1v) is 7.72. The van der Waals surface area contributed by atoms with Gasteiger partial charge in [0.15, 0.2) is 17.3 Å². The predicted octanol–water partition coefficient (Wildman–Crippen LogP) is 4.43. The highest BCUT2D eigenvalue weighted by atomic mass is 16.5. The molecule has 0 spiro atoms. The number of benzene rings is 1. The molecule has 116 valence electrons. The lowest BCUT2D eigenvalue weighted by Crippen LogP contribution is -1.93. The molecule has 21 heavy (non-hydrogen) atoms. The Kier molecular flexibility index (Phi) is 8.25. The summed E-state index contributed by atoms with van der Waals surface area (Å²) in [7, 11) is 1.52. The molecule has 0 aliphatic rings. The van der Waals surface area contributed by atoms with Crippen molar-refractivity contribution in [1.82, 2.24) is 0 Å². The fourth-order valence-electron chi connectivity index (χ4n) is 2.18. The van der Waals surface area contributed by atoms with Gasteiger partial charge in [0.2, 0.25) is 0 Å². The Morgan fingerprint density at radius 2 is 2.00 bits per heavy atom. The van der Waals surface area contributed by atoms with Crippen LogP contribution in [0.5, 0.6) is 11.5 Å². The van der Waals surface area contributed by atoms with Crippen LogP contribution in [0.25, 0.3) is 0 Å². The SMILES string of the molecule is CCCCCCCC(=O)C=CCc1ccc(OC)c(O)c1. The van der Waals surface area contributed by atoms with Gasteiger partial charge in [-0.1, -0.05) is 44.7 Å². The number of phenols is 1. The van der Waals surface area contributed by atoms with Crippen LogP contribution in [0.1, 0.15) is 51.0 Å². The van der Waals surface area contributed by atoms with Crippen LogP contribution in [0.15, 0.2) is 30.4 Å². The van der Waals surface area contributed by atoms with Gasteiger partial charge >= 0.3 is 0 Å². The van der Waals surface area contributed by atoms with E-state index < -0.39 is 0 Å². The Morgan fingerprint density at radius 1 is 1.24 bits per heavy atom. The van der Waals surface area contributed by atoms with Crippen molar-refractivity contribution in [1.29, 1.82) is 0 Å². The Balaban J connectivity index is 2.30. The van der Waals surface area contributed by atoms with Crippen molar-refractivity contribution in [2.45, 2.75) is 51.9 Å². The molecule has 3 nitrogen and oxygen atoms in total. The number of ketones is 1. The quantitative estimate of drug-likeness (QED) is 0.512. The lowest BCUT2D eigenvalue weighted by molar-refractivity contribution is -0.114. The molecule has 0 aliphatic heterocycles.